The number of anilines is 1. The highest BCUT2D eigenvalue weighted by atomic mass is 16.5. The lowest BCUT2D eigenvalue weighted by atomic mass is 10.3. The molecule has 1 N–H and O–H groups in total. The van der Waals surface area contributed by atoms with Crippen LogP contribution < -0.4 is 5.32 Å². The van der Waals surface area contributed by atoms with Gasteiger partial charge in [-0.25, -0.2) is 4.98 Å². The summed E-state index contributed by atoms with van der Waals surface area (Å²) in [5, 5.41) is 3.15. The molecule has 0 radical (unpaired) electrons. The van der Waals surface area contributed by atoms with Crippen molar-refractivity contribution >= 4 is 5.82 Å². The molecule has 0 saturated heterocycles. The molecule has 0 spiro atoms. The summed E-state index contributed by atoms with van der Waals surface area (Å²) >= 11 is 0. The highest BCUT2D eigenvalue weighted by Crippen LogP contribution is 2.05. The van der Waals surface area contributed by atoms with E-state index in [9.17, 15) is 0 Å². The molecule has 16 heavy (non-hydrogen) atoms. The highest BCUT2D eigenvalue weighted by Gasteiger charge is 1.95. The van der Waals surface area contributed by atoms with Crippen molar-refractivity contribution in [2.75, 3.05) is 32.2 Å². The number of nitrogens with zero attached hydrogens (tertiary/aromatic N) is 1. The molecule has 0 aliphatic carbocycles. The van der Waals surface area contributed by atoms with Gasteiger partial charge in [-0.1, -0.05) is 6.07 Å². The first kappa shape index (κ1) is 12.9. The molecular weight excluding hydrogens is 204 g/mol. The molecule has 0 unspecified atom stereocenters. The maximum Gasteiger partial charge on any atom is 0.125 e. The molecule has 4 nitrogen and oxygen atoms in total. The first-order chi connectivity index (χ1) is 7.86. The minimum atomic E-state index is 0.614. The van der Waals surface area contributed by atoms with Crippen LogP contribution >= 0.6 is 0 Å². The van der Waals surface area contributed by atoms with Crippen LogP contribution in [0.2, 0.25) is 0 Å². The van der Waals surface area contributed by atoms with E-state index >= 15 is 0 Å². The standard InChI is InChI=1S/C12H20N2O2/c1-3-13-12-6-5-11(9-14-12)10-16-8-4-7-15-2/h5-6,9H,3-4,7-8,10H2,1-2H3,(H,13,14). The fourth-order valence-electron chi connectivity index (χ4n) is 1.29. The van der Waals surface area contributed by atoms with Crippen molar-refractivity contribution in [1.29, 1.82) is 0 Å². The molecule has 1 rings (SSSR count). The summed E-state index contributed by atoms with van der Waals surface area (Å²) in [4.78, 5) is 4.27. The molecule has 1 aromatic heterocycles. The second kappa shape index (κ2) is 8.07. The third-order valence-electron chi connectivity index (χ3n) is 2.09. The zero-order valence-corrected chi connectivity index (χ0v) is 10.0. The zero-order valence-electron chi connectivity index (χ0n) is 10.0. The molecule has 90 valence electrons. The van der Waals surface area contributed by atoms with Gasteiger partial charge < -0.3 is 14.8 Å². The second-order valence-corrected chi connectivity index (χ2v) is 3.48. The predicted octanol–water partition coefficient (Wildman–Crippen LogP) is 2.07. The molecule has 0 aliphatic rings. The van der Waals surface area contributed by atoms with E-state index in [2.05, 4.69) is 17.2 Å². The van der Waals surface area contributed by atoms with E-state index in [0.29, 0.717) is 6.61 Å². The van der Waals surface area contributed by atoms with Crippen LogP contribution in [0.1, 0.15) is 18.9 Å². The van der Waals surface area contributed by atoms with Crippen LogP contribution in [0.25, 0.3) is 0 Å². The number of pyridine rings is 1. The van der Waals surface area contributed by atoms with Crippen LogP contribution in [0.3, 0.4) is 0 Å². The SMILES string of the molecule is CCNc1ccc(COCCCOC)cn1. The van der Waals surface area contributed by atoms with Gasteiger partial charge >= 0.3 is 0 Å². The monoisotopic (exact) mass is 224 g/mol. The molecule has 4 heteroatoms. The van der Waals surface area contributed by atoms with E-state index in [1.54, 1.807) is 7.11 Å². The Morgan fingerprint density at radius 3 is 2.81 bits per heavy atom. The van der Waals surface area contributed by atoms with Crippen molar-refractivity contribution < 1.29 is 9.47 Å². The average Bonchev–Trinajstić information content (AvgIpc) is 2.31. The van der Waals surface area contributed by atoms with Crippen LogP contribution in [0, 0.1) is 0 Å². The van der Waals surface area contributed by atoms with Crippen molar-refractivity contribution in [3.63, 3.8) is 0 Å². The van der Waals surface area contributed by atoms with Gasteiger partial charge in [-0.15, -0.1) is 0 Å². The quantitative estimate of drug-likeness (QED) is 0.686. The lowest BCUT2D eigenvalue weighted by Gasteiger charge is -2.05. The van der Waals surface area contributed by atoms with Gasteiger partial charge in [0, 0.05) is 33.1 Å². The summed E-state index contributed by atoms with van der Waals surface area (Å²) in [6, 6.07) is 4.00. The van der Waals surface area contributed by atoms with Gasteiger partial charge in [0.1, 0.15) is 5.82 Å². The molecule has 1 aromatic rings. The van der Waals surface area contributed by atoms with Crippen molar-refractivity contribution in [3.8, 4) is 0 Å². The topological polar surface area (TPSA) is 43.4 Å². The fourth-order valence-corrected chi connectivity index (χ4v) is 1.29. The van der Waals surface area contributed by atoms with E-state index in [1.165, 1.54) is 0 Å². The minimum absolute atomic E-state index is 0.614. The Bertz CT molecular complexity index is 275. The molecular formula is C12H20N2O2. The van der Waals surface area contributed by atoms with E-state index < -0.39 is 0 Å². The van der Waals surface area contributed by atoms with Gasteiger partial charge in [0.25, 0.3) is 0 Å². The molecule has 0 amide bonds. The number of hydrogen-bond acceptors (Lipinski definition) is 4. The molecule has 1 heterocycles. The van der Waals surface area contributed by atoms with E-state index in [0.717, 1.165) is 37.6 Å². The summed E-state index contributed by atoms with van der Waals surface area (Å²) in [5.41, 5.74) is 1.10. The van der Waals surface area contributed by atoms with Crippen molar-refractivity contribution in [2.45, 2.75) is 20.0 Å². The Hall–Kier alpha value is -1.13. The van der Waals surface area contributed by atoms with Gasteiger partial charge in [-0.05, 0) is 25.0 Å². The highest BCUT2D eigenvalue weighted by molar-refractivity contribution is 5.34. The van der Waals surface area contributed by atoms with Gasteiger partial charge in [0.2, 0.25) is 0 Å². The van der Waals surface area contributed by atoms with E-state index in [4.69, 9.17) is 9.47 Å². The Morgan fingerprint density at radius 2 is 2.19 bits per heavy atom. The Labute approximate surface area is 97.0 Å². The van der Waals surface area contributed by atoms with Crippen LogP contribution in [-0.2, 0) is 16.1 Å². The van der Waals surface area contributed by atoms with Crippen LogP contribution in [0.5, 0.6) is 0 Å². The number of aromatic nitrogens is 1. The van der Waals surface area contributed by atoms with E-state index in [1.807, 2.05) is 18.3 Å². The maximum absolute atomic E-state index is 5.48. The molecule has 0 bridgehead atoms. The number of hydrogen-bond donors (Lipinski definition) is 1. The third kappa shape index (κ3) is 5.09. The second-order valence-electron chi connectivity index (χ2n) is 3.48. The molecule has 0 aromatic carbocycles. The summed E-state index contributed by atoms with van der Waals surface area (Å²) in [5.74, 6) is 0.908. The third-order valence-corrected chi connectivity index (χ3v) is 2.09. The number of rotatable bonds is 8. The van der Waals surface area contributed by atoms with Gasteiger partial charge in [0.15, 0.2) is 0 Å². The lowest BCUT2D eigenvalue weighted by molar-refractivity contribution is 0.0927. The number of methoxy groups -OCH3 is 1. The lowest BCUT2D eigenvalue weighted by Crippen LogP contribution is -2.01. The van der Waals surface area contributed by atoms with E-state index in [-0.39, 0.29) is 0 Å². The van der Waals surface area contributed by atoms with Crippen LogP contribution in [-0.4, -0.2) is 31.9 Å². The summed E-state index contributed by atoms with van der Waals surface area (Å²) in [6.45, 7) is 5.03. The van der Waals surface area contributed by atoms with Crippen LogP contribution in [0.15, 0.2) is 18.3 Å². The largest absolute Gasteiger partial charge is 0.385 e. The van der Waals surface area contributed by atoms with Gasteiger partial charge in [-0.2, -0.15) is 0 Å². The summed E-state index contributed by atoms with van der Waals surface area (Å²) in [7, 11) is 1.70. The normalized spacial score (nSPS) is 10.4. The molecule has 0 aliphatic heterocycles. The Morgan fingerprint density at radius 1 is 1.31 bits per heavy atom. The summed E-state index contributed by atoms with van der Waals surface area (Å²) < 4.78 is 10.4. The van der Waals surface area contributed by atoms with Gasteiger partial charge in [-0.3, -0.25) is 0 Å². The van der Waals surface area contributed by atoms with Crippen molar-refractivity contribution in [1.82, 2.24) is 4.98 Å². The van der Waals surface area contributed by atoms with Gasteiger partial charge in [0.05, 0.1) is 6.61 Å². The number of ether oxygens (including phenoxy) is 2. The number of nitrogens with one attached hydrogen (secondary N) is 1. The predicted molar refractivity (Wildman–Crippen MR) is 64.5 cm³/mol. The van der Waals surface area contributed by atoms with Crippen molar-refractivity contribution in [3.05, 3.63) is 23.9 Å². The van der Waals surface area contributed by atoms with Crippen LogP contribution in [0.4, 0.5) is 5.82 Å². The maximum atomic E-state index is 5.48. The average molecular weight is 224 g/mol. The minimum Gasteiger partial charge on any atom is -0.385 e. The Kier molecular flexibility index (Phi) is 6.53. The first-order valence-corrected chi connectivity index (χ1v) is 5.62. The fraction of sp³-hybridized carbons (Fsp3) is 0.583. The molecule has 0 fully saturated rings. The Balaban J connectivity index is 2.21. The molecule has 0 saturated carbocycles. The van der Waals surface area contributed by atoms with Crippen molar-refractivity contribution in [2.24, 2.45) is 0 Å². The smallest absolute Gasteiger partial charge is 0.125 e. The zero-order chi connectivity index (χ0) is 11.6. The summed E-state index contributed by atoms with van der Waals surface area (Å²) in [6.07, 6.45) is 2.77. The first-order valence-electron chi connectivity index (χ1n) is 5.62. The molecule has 0 atom stereocenters.